The summed E-state index contributed by atoms with van der Waals surface area (Å²) in [5.74, 6) is 0. The van der Waals surface area contributed by atoms with Crippen LogP contribution in [0.15, 0.2) is 0 Å². The van der Waals surface area contributed by atoms with E-state index >= 15 is 0 Å². The molecule has 0 aliphatic heterocycles. The maximum absolute atomic E-state index is 11.2. The highest BCUT2D eigenvalue weighted by atomic mass is 16.3. The molecule has 51 heavy (non-hydrogen) atoms. The molecule has 5 atom stereocenters. The molecule has 0 amide bonds. The summed E-state index contributed by atoms with van der Waals surface area (Å²) in [7, 11) is 27.3. The summed E-state index contributed by atoms with van der Waals surface area (Å²) in [4.78, 5) is 6.67. The van der Waals surface area contributed by atoms with Gasteiger partial charge in [0.25, 0.3) is 0 Å². The maximum atomic E-state index is 11.2. The largest absolute Gasteiger partial charge is 0.386 e. The first-order valence-electron chi connectivity index (χ1n) is 19.7. The van der Waals surface area contributed by atoms with Gasteiger partial charge in [-0.1, -0.05) is 13.8 Å². The molecule has 0 spiro atoms. The third-order valence-electron chi connectivity index (χ3n) is 9.15. The molecule has 0 bridgehead atoms. The van der Waals surface area contributed by atoms with Gasteiger partial charge in [-0.15, -0.1) is 0 Å². The van der Waals surface area contributed by atoms with Crippen LogP contribution in [-0.4, -0.2) is 290 Å². The first kappa shape index (κ1) is 50.5. The lowest BCUT2D eigenvalue weighted by Gasteiger charge is -2.37. The predicted molar refractivity (Wildman–Crippen MR) is 212 cm³/mol. The fourth-order valence-corrected chi connectivity index (χ4v) is 7.58. The minimum atomic E-state index is -0.539. The van der Waals surface area contributed by atoms with Crippen molar-refractivity contribution < 1.29 is 47.9 Å². The molecular weight excluding hydrogens is 648 g/mol. The van der Waals surface area contributed by atoms with Crippen LogP contribution >= 0.6 is 0 Å². The summed E-state index contributed by atoms with van der Waals surface area (Å²) >= 11 is 0. The van der Waals surface area contributed by atoms with E-state index in [1.165, 1.54) is 0 Å². The SMILES string of the molecule is CCC[N+](C)(C)CC(O)CN(CCN(CCN(CC(O)C[N+](C)(C)C)CC(O)C[N+](C)(C)CCC)CC(O)C[N+](C)(C)C)CC(O)C[N+](C)(C)C. The van der Waals surface area contributed by atoms with Gasteiger partial charge in [-0.3, -0.25) is 14.7 Å². The van der Waals surface area contributed by atoms with Gasteiger partial charge in [0.1, 0.15) is 63.2 Å². The van der Waals surface area contributed by atoms with E-state index in [0.717, 1.165) is 34.9 Å². The van der Waals surface area contributed by atoms with Crippen LogP contribution in [0.25, 0.3) is 0 Å². The Balaban J connectivity index is 6.17. The lowest BCUT2D eigenvalue weighted by Crippen LogP contribution is -2.54. The second-order valence-electron chi connectivity index (χ2n) is 20.2. The molecule has 13 heteroatoms. The summed E-state index contributed by atoms with van der Waals surface area (Å²) in [6.45, 7) is 14.4. The predicted octanol–water partition coefficient (Wildman–Crippen LogP) is -1.21. The van der Waals surface area contributed by atoms with E-state index in [1.807, 2.05) is 0 Å². The van der Waals surface area contributed by atoms with E-state index in [9.17, 15) is 25.5 Å². The van der Waals surface area contributed by atoms with Crippen molar-refractivity contribution in [2.75, 3.05) is 196 Å². The Morgan fingerprint density at radius 3 is 0.804 bits per heavy atom. The zero-order chi connectivity index (χ0) is 39.8. The summed E-state index contributed by atoms with van der Waals surface area (Å²) in [6.07, 6.45) is -0.580. The molecule has 0 aliphatic carbocycles. The second-order valence-corrected chi connectivity index (χ2v) is 20.2. The van der Waals surface area contributed by atoms with Crippen molar-refractivity contribution in [1.29, 1.82) is 0 Å². The molecular formula is C38H91N8O5+5. The quantitative estimate of drug-likeness (QED) is 0.0585. The fourth-order valence-electron chi connectivity index (χ4n) is 7.58. The number of hydrogen-bond acceptors (Lipinski definition) is 8. The second kappa shape index (κ2) is 22.8. The molecule has 13 nitrogen and oxygen atoms in total. The number of aliphatic hydroxyl groups is 5. The topological polar surface area (TPSA) is 111 Å². The summed E-state index contributed by atoms with van der Waals surface area (Å²) in [6, 6.07) is 0. The van der Waals surface area contributed by atoms with E-state index in [1.54, 1.807) is 0 Å². The molecule has 0 rings (SSSR count). The lowest BCUT2D eigenvalue weighted by atomic mass is 10.2. The third kappa shape index (κ3) is 28.6. The summed E-state index contributed by atoms with van der Waals surface area (Å²) < 4.78 is 3.44. The van der Waals surface area contributed by atoms with E-state index in [-0.39, 0.29) is 0 Å². The zero-order valence-electron chi connectivity index (χ0n) is 36.4. The smallest absolute Gasteiger partial charge is 0.115 e. The Morgan fingerprint density at radius 1 is 0.353 bits per heavy atom. The van der Waals surface area contributed by atoms with Crippen LogP contribution < -0.4 is 0 Å². The molecule has 0 heterocycles. The molecule has 308 valence electrons. The van der Waals surface area contributed by atoms with Crippen LogP contribution in [0.1, 0.15) is 26.7 Å². The Labute approximate surface area is 315 Å². The average Bonchev–Trinajstić information content (AvgIpc) is 2.85. The number of nitrogens with zero attached hydrogens (tertiary/aromatic N) is 8. The highest BCUT2D eigenvalue weighted by molar-refractivity contribution is 4.76. The number of rotatable bonds is 30. The van der Waals surface area contributed by atoms with Gasteiger partial charge >= 0.3 is 0 Å². The van der Waals surface area contributed by atoms with Crippen molar-refractivity contribution in [3.8, 4) is 0 Å². The van der Waals surface area contributed by atoms with Crippen LogP contribution in [0, 0.1) is 0 Å². The maximum Gasteiger partial charge on any atom is 0.115 e. The lowest BCUT2D eigenvalue weighted by molar-refractivity contribution is -0.893. The molecule has 0 aromatic heterocycles. The number of hydrogen-bond donors (Lipinski definition) is 5. The fraction of sp³-hybridized carbons (Fsp3) is 1.00. The Hall–Kier alpha value is -0.520. The normalized spacial score (nSPS) is 17.0. The van der Waals surface area contributed by atoms with Gasteiger partial charge in [-0.05, 0) is 12.8 Å². The van der Waals surface area contributed by atoms with Gasteiger partial charge in [0.15, 0.2) is 0 Å². The molecule has 5 unspecified atom stereocenters. The molecule has 0 saturated carbocycles. The number of quaternary nitrogens is 5. The number of likely N-dealkylation sites (N-methyl/N-ethyl adjacent to an activating group) is 5. The molecule has 0 saturated heterocycles. The summed E-state index contributed by atoms with van der Waals surface area (Å²) in [5.41, 5.74) is 0. The highest BCUT2D eigenvalue weighted by Crippen LogP contribution is 2.10. The number of aliphatic hydroxyl groups excluding tert-OH is 5. The van der Waals surface area contributed by atoms with Crippen molar-refractivity contribution in [2.24, 2.45) is 0 Å². The summed E-state index contributed by atoms with van der Waals surface area (Å²) in [5, 5.41) is 55.9. The van der Waals surface area contributed by atoms with Crippen molar-refractivity contribution in [3.05, 3.63) is 0 Å². The zero-order valence-corrected chi connectivity index (χ0v) is 36.4. The molecule has 5 N–H and O–H groups in total. The Morgan fingerprint density at radius 2 is 0.569 bits per heavy atom. The average molecular weight is 740 g/mol. The first-order valence-corrected chi connectivity index (χ1v) is 19.7. The van der Waals surface area contributed by atoms with Gasteiger partial charge in [0, 0.05) is 58.9 Å². The van der Waals surface area contributed by atoms with Gasteiger partial charge in [0.05, 0.1) is 105 Å². The highest BCUT2D eigenvalue weighted by Gasteiger charge is 2.28. The monoisotopic (exact) mass is 740 g/mol. The van der Waals surface area contributed by atoms with Crippen molar-refractivity contribution in [3.63, 3.8) is 0 Å². The van der Waals surface area contributed by atoms with Crippen LogP contribution in [0.2, 0.25) is 0 Å². The van der Waals surface area contributed by atoms with Gasteiger partial charge in [-0.2, -0.15) is 0 Å². The molecule has 0 aromatic rings. The minimum absolute atomic E-state index is 0.463. The Bertz CT molecular complexity index is 846. The minimum Gasteiger partial charge on any atom is -0.386 e. The van der Waals surface area contributed by atoms with Crippen LogP contribution in [-0.2, 0) is 0 Å². The first-order chi connectivity index (χ1) is 23.0. The van der Waals surface area contributed by atoms with Crippen molar-refractivity contribution in [1.82, 2.24) is 14.7 Å². The standard InChI is InChI=1S/C38H91N8O5/c1-16-22-45(12,13)32-37(50)27-40(25-35(48)30-43(6,7)8)20-18-39(24-34(47)29-42(3,4)5)19-21-41(26-36(49)31-44(9,10)11)28-38(51)33-46(14,15)23-17-2/h34-38,47-51H,16-33H2,1-15H3/q+5. The molecule has 0 radical (unpaired) electrons. The molecule has 0 fully saturated rings. The van der Waals surface area contributed by atoms with Crippen molar-refractivity contribution >= 4 is 0 Å². The van der Waals surface area contributed by atoms with E-state index in [2.05, 4.69) is 120 Å². The molecule has 0 aromatic carbocycles. The van der Waals surface area contributed by atoms with Crippen LogP contribution in [0.3, 0.4) is 0 Å². The van der Waals surface area contributed by atoms with Gasteiger partial charge < -0.3 is 47.9 Å². The van der Waals surface area contributed by atoms with Crippen LogP contribution in [0.5, 0.6) is 0 Å². The Kier molecular flexibility index (Phi) is 22.5. The molecule has 0 aliphatic rings. The van der Waals surface area contributed by atoms with Crippen molar-refractivity contribution in [2.45, 2.75) is 57.2 Å². The van der Waals surface area contributed by atoms with E-state index in [4.69, 9.17) is 0 Å². The third-order valence-corrected chi connectivity index (χ3v) is 9.15. The van der Waals surface area contributed by atoms with E-state index < -0.39 is 30.5 Å². The van der Waals surface area contributed by atoms with Gasteiger partial charge in [-0.25, -0.2) is 0 Å². The van der Waals surface area contributed by atoms with Gasteiger partial charge in [0.2, 0.25) is 0 Å². The van der Waals surface area contributed by atoms with Crippen LogP contribution in [0.4, 0.5) is 0 Å². The van der Waals surface area contributed by atoms with E-state index in [0.29, 0.717) is 105 Å².